The average molecular weight is 459 g/mol. The zero-order valence-corrected chi connectivity index (χ0v) is 18.6. The van der Waals surface area contributed by atoms with Crippen LogP contribution in [0.2, 0.25) is 0 Å². The highest BCUT2D eigenvalue weighted by Crippen LogP contribution is 2.18. The largest absolute Gasteiger partial charge is 0.384 e. The van der Waals surface area contributed by atoms with Crippen molar-refractivity contribution in [3.63, 3.8) is 0 Å². The fraction of sp³-hybridized carbons (Fsp3) is 0.333. The number of aromatic nitrogens is 5. The van der Waals surface area contributed by atoms with Gasteiger partial charge < -0.3 is 21.4 Å². The lowest BCUT2D eigenvalue weighted by molar-refractivity contribution is -0.109. The maximum atomic E-state index is 10.8. The Morgan fingerprint density at radius 2 is 1.64 bits per heavy atom. The van der Waals surface area contributed by atoms with E-state index in [2.05, 4.69) is 39.3 Å². The Labute approximate surface area is 194 Å². The molecule has 0 bridgehead atoms. The van der Waals surface area contributed by atoms with E-state index in [1.165, 1.54) is 6.07 Å². The minimum atomic E-state index is -0.447. The van der Waals surface area contributed by atoms with Crippen LogP contribution < -0.4 is 28.1 Å². The minimum Gasteiger partial charge on any atom is -0.384 e. The number of amides is 2. The lowest BCUT2D eigenvalue weighted by Gasteiger charge is -2.09. The summed E-state index contributed by atoms with van der Waals surface area (Å²) in [5, 5.41) is 10.5. The van der Waals surface area contributed by atoms with Crippen molar-refractivity contribution in [3.05, 3.63) is 48.4 Å². The number of nitrogens with one attached hydrogen (secondary N) is 2. The molecule has 0 saturated carbocycles. The number of nitrogens with two attached hydrogens (primary N) is 3. The van der Waals surface area contributed by atoms with Crippen LogP contribution in [0.1, 0.15) is 51.7 Å². The van der Waals surface area contributed by atoms with Crippen molar-refractivity contribution < 1.29 is 9.59 Å². The van der Waals surface area contributed by atoms with E-state index in [-0.39, 0.29) is 19.2 Å². The third kappa shape index (κ3) is 10.2. The first-order valence-electron chi connectivity index (χ1n) is 9.75. The van der Waals surface area contributed by atoms with E-state index >= 15 is 0 Å². The average Bonchev–Trinajstić information content (AvgIpc) is 3.24. The molecule has 0 aliphatic heterocycles. The number of nitrogens with zero attached hydrogens (tertiary/aromatic N) is 5. The van der Waals surface area contributed by atoms with Crippen LogP contribution in [0.25, 0.3) is 11.5 Å². The van der Waals surface area contributed by atoms with Crippen molar-refractivity contribution in [2.24, 2.45) is 5.84 Å². The summed E-state index contributed by atoms with van der Waals surface area (Å²) in [4.78, 5) is 28.3. The highest BCUT2D eigenvalue weighted by Gasteiger charge is 2.10. The van der Waals surface area contributed by atoms with Crippen molar-refractivity contribution in [2.75, 3.05) is 11.5 Å². The Kier molecular flexibility index (Phi) is 13.0. The van der Waals surface area contributed by atoms with E-state index in [9.17, 15) is 9.59 Å². The van der Waals surface area contributed by atoms with Crippen LogP contribution in [0.15, 0.2) is 42.7 Å². The molecule has 3 aromatic heterocycles. The third-order valence-corrected chi connectivity index (χ3v) is 3.66. The lowest BCUT2D eigenvalue weighted by atomic mass is 10.3. The Bertz CT molecular complexity index is 988. The fourth-order valence-electron chi connectivity index (χ4n) is 2.17. The number of carbonyl (C=O) groups excluding carboxylic acids is 2. The molecule has 0 aliphatic carbocycles. The molecule has 0 unspecified atom stereocenters. The van der Waals surface area contributed by atoms with E-state index in [4.69, 9.17) is 17.3 Å². The maximum absolute atomic E-state index is 10.8. The molecule has 3 heterocycles. The number of hydrogen-bond acceptors (Lipinski definition) is 9. The first-order valence-corrected chi connectivity index (χ1v) is 9.75. The van der Waals surface area contributed by atoms with Crippen LogP contribution in [0.3, 0.4) is 0 Å². The summed E-state index contributed by atoms with van der Waals surface area (Å²) in [6.07, 6.45) is 2.40. The summed E-state index contributed by atoms with van der Waals surface area (Å²) < 4.78 is 1.96. The van der Waals surface area contributed by atoms with Gasteiger partial charge in [0.1, 0.15) is 29.4 Å². The molecule has 3 aromatic rings. The van der Waals surface area contributed by atoms with Gasteiger partial charge in [-0.15, -0.1) is 10.2 Å². The van der Waals surface area contributed by atoms with Gasteiger partial charge >= 0.3 is 0 Å². The smallest absolute Gasteiger partial charge is 0.283 e. The number of rotatable bonds is 5. The number of pyridine rings is 2. The molecule has 0 saturated heterocycles. The number of carbonyl (C=O) groups is 2. The van der Waals surface area contributed by atoms with Crippen LogP contribution in [-0.4, -0.2) is 43.1 Å². The van der Waals surface area contributed by atoms with Crippen LogP contribution >= 0.6 is 0 Å². The maximum Gasteiger partial charge on any atom is 0.283 e. The summed E-state index contributed by atoms with van der Waals surface area (Å²) in [7, 11) is 0. The molecule has 0 radical (unpaired) electrons. The fourth-order valence-corrected chi connectivity index (χ4v) is 2.17. The quantitative estimate of drug-likeness (QED) is 0.163. The molecule has 0 aromatic carbocycles. The van der Waals surface area contributed by atoms with Gasteiger partial charge in [-0.05, 0) is 52.0 Å². The summed E-state index contributed by atoms with van der Waals surface area (Å²) in [5.41, 5.74) is 13.9. The molecule has 12 heteroatoms. The standard InChI is InChI=1S/C10H13N5.C6H8N4O.C4H9NO.CH4/c1-7(2)15-6-12-14-10(15)8-4-3-5-9(11)13-8;7-5-3-1-2-4(9-5)6(11)10-8;1-4(2)5-3-6;/h3-7H,1-2H3,(H2,11,13);1-3H,8H2,(H2,7,9)(H,10,11);3-4H,1-2H3,(H,5,6);1H4. The second kappa shape index (κ2) is 14.9. The van der Waals surface area contributed by atoms with Gasteiger partial charge in [-0.3, -0.25) is 15.0 Å². The highest BCUT2D eigenvalue weighted by atomic mass is 16.2. The van der Waals surface area contributed by atoms with E-state index in [0.29, 0.717) is 24.1 Å². The number of hydrazine groups is 1. The van der Waals surface area contributed by atoms with Gasteiger partial charge in [-0.25, -0.2) is 15.8 Å². The molecule has 180 valence electrons. The summed E-state index contributed by atoms with van der Waals surface area (Å²) in [6.45, 7) is 7.96. The molecule has 0 aliphatic rings. The van der Waals surface area contributed by atoms with E-state index < -0.39 is 5.91 Å². The van der Waals surface area contributed by atoms with Crippen molar-refractivity contribution in [3.8, 4) is 11.5 Å². The van der Waals surface area contributed by atoms with Gasteiger partial charge in [-0.2, -0.15) is 0 Å². The Hall–Kier alpha value is -4.06. The van der Waals surface area contributed by atoms with Crippen molar-refractivity contribution in [1.82, 2.24) is 35.5 Å². The molecule has 0 atom stereocenters. The SMILES string of the molecule is C.CC(C)NC=O.CC(C)n1cnnc1-c1cccc(N)n1.NNC(=O)c1cccc(N)n1. The second-order valence-corrected chi connectivity index (χ2v) is 6.96. The molecule has 8 N–H and O–H groups in total. The van der Waals surface area contributed by atoms with Gasteiger partial charge in [-0.1, -0.05) is 19.6 Å². The van der Waals surface area contributed by atoms with E-state index in [0.717, 1.165) is 11.5 Å². The molecular weight excluding hydrogens is 424 g/mol. The van der Waals surface area contributed by atoms with Crippen molar-refractivity contribution in [1.29, 1.82) is 0 Å². The Balaban J connectivity index is 0.000000504. The predicted octanol–water partition coefficient (Wildman–Crippen LogP) is 1.55. The van der Waals surface area contributed by atoms with Crippen LogP contribution in [0, 0.1) is 0 Å². The zero-order chi connectivity index (χ0) is 24.1. The molecular formula is C21H34N10O2. The molecule has 3 rings (SSSR count). The van der Waals surface area contributed by atoms with E-state index in [1.54, 1.807) is 24.5 Å². The Morgan fingerprint density at radius 1 is 1.03 bits per heavy atom. The Morgan fingerprint density at radius 3 is 2.09 bits per heavy atom. The summed E-state index contributed by atoms with van der Waals surface area (Å²) in [6, 6.07) is 10.8. The second-order valence-electron chi connectivity index (χ2n) is 6.96. The first kappa shape index (κ1) is 28.9. The van der Waals surface area contributed by atoms with Gasteiger partial charge in [0.2, 0.25) is 6.41 Å². The molecule has 0 fully saturated rings. The molecule has 2 amide bonds. The summed E-state index contributed by atoms with van der Waals surface area (Å²) in [5.74, 6) is 5.96. The number of nitrogen functional groups attached to an aromatic ring is 3. The van der Waals surface area contributed by atoms with Crippen molar-refractivity contribution in [2.45, 2.75) is 47.2 Å². The first-order chi connectivity index (χ1) is 15.2. The van der Waals surface area contributed by atoms with E-state index in [1.807, 2.05) is 36.0 Å². The third-order valence-electron chi connectivity index (χ3n) is 3.66. The predicted molar refractivity (Wildman–Crippen MR) is 129 cm³/mol. The van der Waals surface area contributed by atoms with Gasteiger partial charge in [0.25, 0.3) is 5.91 Å². The molecule has 33 heavy (non-hydrogen) atoms. The minimum absolute atomic E-state index is 0. The zero-order valence-electron chi connectivity index (χ0n) is 18.6. The topological polar surface area (TPSA) is 193 Å². The molecule has 0 spiro atoms. The molecule has 12 nitrogen and oxygen atoms in total. The van der Waals surface area contributed by atoms with Crippen LogP contribution in [0.5, 0.6) is 0 Å². The van der Waals surface area contributed by atoms with Crippen molar-refractivity contribution >= 4 is 24.0 Å². The highest BCUT2D eigenvalue weighted by molar-refractivity contribution is 5.92. The number of anilines is 2. The summed E-state index contributed by atoms with van der Waals surface area (Å²) >= 11 is 0. The normalized spacial score (nSPS) is 9.55. The van der Waals surface area contributed by atoms with Gasteiger partial charge in [0, 0.05) is 12.1 Å². The van der Waals surface area contributed by atoms with Gasteiger partial charge in [0.05, 0.1) is 0 Å². The van der Waals surface area contributed by atoms with Crippen LogP contribution in [0.4, 0.5) is 11.6 Å². The lowest BCUT2D eigenvalue weighted by Crippen LogP contribution is -2.30. The monoisotopic (exact) mass is 458 g/mol. The number of hydrogen-bond donors (Lipinski definition) is 5. The van der Waals surface area contributed by atoms with Gasteiger partial charge in [0.15, 0.2) is 5.82 Å². The van der Waals surface area contributed by atoms with Crippen LogP contribution in [-0.2, 0) is 4.79 Å².